The van der Waals surface area contributed by atoms with Crippen LogP contribution in [0.3, 0.4) is 0 Å². The molecule has 0 aromatic heterocycles. The predicted octanol–water partition coefficient (Wildman–Crippen LogP) is 4.84. The summed E-state index contributed by atoms with van der Waals surface area (Å²) in [4.78, 5) is 12.5. The molecule has 0 bridgehead atoms. The van der Waals surface area contributed by atoms with Crippen LogP contribution in [0.5, 0.6) is 0 Å². The number of carbonyl (C=O) groups is 1. The van der Waals surface area contributed by atoms with Crippen LogP contribution in [0.1, 0.15) is 43.2 Å². The normalized spacial score (nSPS) is 15.8. The molecule has 0 atom stereocenters. The molecule has 9 heteroatoms. The average molecular weight is 455 g/mol. The first-order valence-corrected chi connectivity index (χ1v) is 11.6. The van der Waals surface area contributed by atoms with Gasteiger partial charge in [0.2, 0.25) is 15.9 Å². The van der Waals surface area contributed by atoms with Crippen molar-refractivity contribution in [3.8, 4) is 0 Å². The number of alkyl halides is 3. The van der Waals surface area contributed by atoms with E-state index in [0.29, 0.717) is 0 Å². The van der Waals surface area contributed by atoms with E-state index < -0.39 is 27.7 Å². The number of benzene rings is 2. The number of carbonyl (C=O) groups excluding carboxylic acids is 1. The lowest BCUT2D eigenvalue weighted by Crippen LogP contribution is -2.38. The summed E-state index contributed by atoms with van der Waals surface area (Å²) >= 11 is 0. The highest BCUT2D eigenvalue weighted by Gasteiger charge is 2.32. The molecule has 2 aromatic carbocycles. The number of nitrogens with one attached hydrogen (secondary N) is 1. The molecule has 168 valence electrons. The molecule has 1 aliphatic carbocycles. The van der Waals surface area contributed by atoms with Crippen molar-refractivity contribution in [2.75, 3.05) is 12.4 Å². The summed E-state index contributed by atoms with van der Waals surface area (Å²) in [5.41, 5.74) is -0.538. The summed E-state index contributed by atoms with van der Waals surface area (Å²) < 4.78 is 66.4. The van der Waals surface area contributed by atoms with Crippen LogP contribution in [-0.4, -0.2) is 31.7 Å². The third-order valence-corrected chi connectivity index (χ3v) is 7.49. The Morgan fingerprint density at radius 1 is 1.06 bits per heavy atom. The van der Waals surface area contributed by atoms with Gasteiger partial charge in [0.15, 0.2) is 0 Å². The van der Waals surface area contributed by atoms with Gasteiger partial charge in [0.1, 0.15) is 4.90 Å². The lowest BCUT2D eigenvalue weighted by molar-refractivity contribution is -0.137. The van der Waals surface area contributed by atoms with E-state index in [-0.39, 0.29) is 28.6 Å². The highest BCUT2D eigenvalue weighted by molar-refractivity contribution is 7.89. The van der Waals surface area contributed by atoms with Gasteiger partial charge in [-0.15, -0.1) is 0 Å². The van der Waals surface area contributed by atoms with Crippen molar-refractivity contribution in [1.82, 2.24) is 4.31 Å². The summed E-state index contributed by atoms with van der Waals surface area (Å²) in [6.07, 6.45) is -0.195. The standard InChI is InChI=1S/C22H25F3N2O3S/c1-27(18-10-3-2-4-11-18)31(29,30)20-13-6-5-12-19(20)26-21(28)15-16-8-7-9-17(14-16)22(23,24)25/h5-9,12-14,18H,2-4,10-11,15H2,1H3,(H,26,28). The SMILES string of the molecule is CN(C1CCCCC1)S(=O)(=O)c1ccccc1NC(=O)Cc1cccc(C(F)(F)F)c1. The van der Waals surface area contributed by atoms with Gasteiger partial charge >= 0.3 is 6.18 Å². The van der Waals surface area contributed by atoms with Crippen molar-refractivity contribution >= 4 is 21.6 Å². The smallest absolute Gasteiger partial charge is 0.325 e. The van der Waals surface area contributed by atoms with Crippen LogP contribution in [0.4, 0.5) is 18.9 Å². The molecule has 1 fully saturated rings. The molecule has 0 heterocycles. The maximum Gasteiger partial charge on any atom is 0.416 e. The van der Waals surface area contributed by atoms with E-state index in [1.54, 1.807) is 19.2 Å². The van der Waals surface area contributed by atoms with Crippen molar-refractivity contribution in [3.05, 3.63) is 59.7 Å². The fourth-order valence-electron chi connectivity index (χ4n) is 3.83. The summed E-state index contributed by atoms with van der Waals surface area (Å²) in [6, 6.07) is 10.5. The molecule has 1 amide bonds. The molecule has 0 spiro atoms. The molecule has 2 aromatic rings. The number of para-hydroxylation sites is 1. The van der Waals surface area contributed by atoms with Gasteiger partial charge in [-0.1, -0.05) is 49.6 Å². The average Bonchev–Trinajstić information content (AvgIpc) is 2.73. The Hall–Kier alpha value is -2.39. The zero-order chi connectivity index (χ0) is 22.6. The topological polar surface area (TPSA) is 66.5 Å². The first-order chi connectivity index (χ1) is 14.6. The number of rotatable bonds is 6. The number of hydrogen-bond donors (Lipinski definition) is 1. The second-order valence-electron chi connectivity index (χ2n) is 7.73. The molecular formula is C22H25F3N2O3S. The lowest BCUT2D eigenvalue weighted by Gasteiger charge is -2.30. The van der Waals surface area contributed by atoms with Crippen molar-refractivity contribution in [2.45, 2.75) is 55.6 Å². The third kappa shape index (κ3) is 5.65. The van der Waals surface area contributed by atoms with Crippen LogP contribution in [0.2, 0.25) is 0 Å². The largest absolute Gasteiger partial charge is 0.416 e. The minimum atomic E-state index is -4.50. The molecule has 1 N–H and O–H groups in total. The quantitative estimate of drug-likeness (QED) is 0.679. The fraction of sp³-hybridized carbons (Fsp3) is 0.409. The van der Waals surface area contributed by atoms with E-state index in [1.165, 1.54) is 28.6 Å². The molecule has 0 saturated heterocycles. The highest BCUT2D eigenvalue weighted by atomic mass is 32.2. The van der Waals surface area contributed by atoms with Gasteiger partial charge in [0.25, 0.3) is 0 Å². The van der Waals surface area contributed by atoms with Gasteiger partial charge in [-0.2, -0.15) is 17.5 Å². The van der Waals surface area contributed by atoms with Crippen LogP contribution >= 0.6 is 0 Å². The molecule has 1 saturated carbocycles. The highest BCUT2D eigenvalue weighted by Crippen LogP contribution is 2.31. The first-order valence-electron chi connectivity index (χ1n) is 10.1. The number of sulfonamides is 1. The summed E-state index contributed by atoms with van der Waals surface area (Å²) in [5.74, 6) is -0.595. The van der Waals surface area contributed by atoms with Crippen molar-refractivity contribution < 1.29 is 26.4 Å². The van der Waals surface area contributed by atoms with Gasteiger partial charge in [0.05, 0.1) is 17.7 Å². The Labute approximate surface area is 180 Å². The van der Waals surface area contributed by atoms with Crippen LogP contribution in [0.25, 0.3) is 0 Å². The number of nitrogens with zero attached hydrogens (tertiary/aromatic N) is 1. The Kier molecular flexibility index (Phi) is 7.06. The predicted molar refractivity (Wildman–Crippen MR) is 112 cm³/mol. The summed E-state index contributed by atoms with van der Waals surface area (Å²) in [5, 5.41) is 2.56. The molecule has 1 aliphatic rings. The van der Waals surface area contributed by atoms with Crippen LogP contribution < -0.4 is 5.32 Å². The van der Waals surface area contributed by atoms with Crippen LogP contribution in [0, 0.1) is 0 Å². The molecular weight excluding hydrogens is 429 g/mol. The van der Waals surface area contributed by atoms with Gasteiger partial charge in [-0.3, -0.25) is 4.79 Å². The number of hydrogen-bond acceptors (Lipinski definition) is 3. The van der Waals surface area contributed by atoms with Crippen molar-refractivity contribution in [2.24, 2.45) is 0 Å². The first kappa shape index (κ1) is 23.3. The van der Waals surface area contributed by atoms with Gasteiger partial charge in [-0.05, 0) is 36.6 Å². The summed E-state index contributed by atoms with van der Waals surface area (Å²) in [6.45, 7) is 0. The van der Waals surface area contributed by atoms with E-state index in [4.69, 9.17) is 0 Å². The monoisotopic (exact) mass is 454 g/mol. The Bertz CT molecular complexity index is 1030. The minimum Gasteiger partial charge on any atom is -0.325 e. The van der Waals surface area contributed by atoms with Crippen LogP contribution in [0.15, 0.2) is 53.4 Å². The fourth-order valence-corrected chi connectivity index (χ4v) is 5.39. The van der Waals surface area contributed by atoms with Crippen molar-refractivity contribution in [3.63, 3.8) is 0 Å². The van der Waals surface area contributed by atoms with E-state index in [1.807, 2.05) is 0 Å². The Morgan fingerprint density at radius 3 is 2.42 bits per heavy atom. The van der Waals surface area contributed by atoms with Gasteiger partial charge < -0.3 is 5.32 Å². The zero-order valence-electron chi connectivity index (χ0n) is 17.2. The molecule has 5 nitrogen and oxygen atoms in total. The van der Waals surface area contributed by atoms with E-state index in [0.717, 1.165) is 44.2 Å². The molecule has 31 heavy (non-hydrogen) atoms. The van der Waals surface area contributed by atoms with Crippen LogP contribution in [-0.2, 0) is 27.4 Å². The van der Waals surface area contributed by atoms with Gasteiger partial charge in [0, 0.05) is 13.1 Å². The number of anilines is 1. The maximum atomic E-state index is 13.2. The van der Waals surface area contributed by atoms with Crippen molar-refractivity contribution in [1.29, 1.82) is 0 Å². The second-order valence-corrected chi connectivity index (χ2v) is 9.70. The zero-order valence-corrected chi connectivity index (χ0v) is 18.0. The molecule has 0 aliphatic heterocycles. The second kappa shape index (κ2) is 9.40. The minimum absolute atomic E-state index is 0.0273. The lowest BCUT2D eigenvalue weighted by atomic mass is 9.96. The van der Waals surface area contributed by atoms with E-state index >= 15 is 0 Å². The van der Waals surface area contributed by atoms with E-state index in [2.05, 4.69) is 5.32 Å². The van der Waals surface area contributed by atoms with Gasteiger partial charge in [-0.25, -0.2) is 8.42 Å². The maximum absolute atomic E-state index is 13.2. The molecule has 3 rings (SSSR count). The Balaban J connectivity index is 1.78. The van der Waals surface area contributed by atoms with E-state index in [9.17, 15) is 26.4 Å². The third-order valence-electron chi connectivity index (χ3n) is 5.53. The number of halogens is 3. The summed E-state index contributed by atoms with van der Waals surface area (Å²) in [7, 11) is -2.30. The number of amides is 1. The molecule has 0 radical (unpaired) electrons. The molecule has 0 unspecified atom stereocenters. The Morgan fingerprint density at radius 2 is 1.74 bits per heavy atom.